The Morgan fingerprint density at radius 1 is 1.07 bits per heavy atom. The standard InChI is InChI=1S/C32H30F4N6O3/c33-27(34)7-8-38-14-19-10-25(31(45)42(15-19)22-4-5-22)29(43)40-28-12-21(11-26(39-28)20-2-3-20)23-6-1-18(13-37)9-24(23)30(44)41-16-32(35,36)17-41/h1,6,9-12,15,20,22,27,38H,2-5,7-8,14,16-17H2,(H,39,40,43). The molecule has 2 aromatic heterocycles. The number of amides is 2. The fourth-order valence-electron chi connectivity index (χ4n) is 5.40. The Hall–Kier alpha value is -4.57. The minimum absolute atomic E-state index is 0.0355. The molecular formula is C32H30F4N6O3. The zero-order valence-corrected chi connectivity index (χ0v) is 24.2. The van der Waals surface area contributed by atoms with Gasteiger partial charge in [-0.1, -0.05) is 6.07 Å². The van der Waals surface area contributed by atoms with E-state index in [2.05, 4.69) is 15.6 Å². The van der Waals surface area contributed by atoms with Gasteiger partial charge in [0.1, 0.15) is 11.4 Å². The Balaban J connectivity index is 1.31. The second-order valence-corrected chi connectivity index (χ2v) is 11.8. The largest absolute Gasteiger partial charge is 0.326 e. The van der Waals surface area contributed by atoms with Crippen LogP contribution in [0.1, 0.15) is 81.6 Å². The van der Waals surface area contributed by atoms with Crippen LogP contribution in [-0.4, -0.2) is 58.2 Å². The van der Waals surface area contributed by atoms with Gasteiger partial charge in [0.05, 0.1) is 24.7 Å². The minimum Gasteiger partial charge on any atom is -0.326 e. The molecule has 1 aliphatic heterocycles. The summed E-state index contributed by atoms with van der Waals surface area (Å²) in [7, 11) is 0. The van der Waals surface area contributed by atoms with Crippen LogP contribution in [0.2, 0.25) is 0 Å². The van der Waals surface area contributed by atoms with Gasteiger partial charge < -0.3 is 20.1 Å². The highest BCUT2D eigenvalue weighted by Gasteiger charge is 2.46. The second-order valence-electron chi connectivity index (χ2n) is 11.8. The molecule has 13 heteroatoms. The highest BCUT2D eigenvalue weighted by atomic mass is 19.3. The van der Waals surface area contributed by atoms with Gasteiger partial charge in [-0.2, -0.15) is 5.26 Å². The Morgan fingerprint density at radius 3 is 2.47 bits per heavy atom. The van der Waals surface area contributed by atoms with Gasteiger partial charge in [-0.05, 0) is 72.7 Å². The summed E-state index contributed by atoms with van der Waals surface area (Å²) >= 11 is 0. The van der Waals surface area contributed by atoms with Gasteiger partial charge in [-0.15, -0.1) is 0 Å². The fourth-order valence-corrected chi connectivity index (χ4v) is 5.40. The van der Waals surface area contributed by atoms with Gasteiger partial charge in [0.15, 0.2) is 0 Å². The Kier molecular flexibility index (Phi) is 8.18. The molecule has 1 aromatic carbocycles. The first-order valence-corrected chi connectivity index (χ1v) is 14.8. The third kappa shape index (κ3) is 6.91. The van der Waals surface area contributed by atoms with Crippen molar-refractivity contribution in [2.45, 2.75) is 63.0 Å². The van der Waals surface area contributed by atoms with E-state index in [0.29, 0.717) is 22.4 Å². The second kappa shape index (κ2) is 12.1. The van der Waals surface area contributed by atoms with Crippen LogP contribution in [0.4, 0.5) is 23.4 Å². The molecule has 234 valence electrons. The van der Waals surface area contributed by atoms with Crippen LogP contribution in [0.5, 0.6) is 0 Å². The first kappa shape index (κ1) is 30.5. The van der Waals surface area contributed by atoms with Crippen molar-refractivity contribution in [1.82, 2.24) is 19.8 Å². The minimum atomic E-state index is -2.97. The molecule has 2 saturated carbocycles. The highest BCUT2D eigenvalue weighted by molar-refractivity contribution is 6.05. The summed E-state index contributed by atoms with van der Waals surface area (Å²) < 4.78 is 53.8. The van der Waals surface area contributed by atoms with E-state index in [1.54, 1.807) is 24.4 Å². The maximum absolute atomic E-state index is 13.6. The topological polar surface area (TPSA) is 120 Å². The number of hydrogen-bond donors (Lipinski definition) is 2. The predicted octanol–water partition coefficient (Wildman–Crippen LogP) is 5.08. The van der Waals surface area contributed by atoms with Crippen LogP contribution >= 0.6 is 0 Å². The number of alkyl halides is 4. The lowest BCUT2D eigenvalue weighted by Gasteiger charge is -2.39. The monoisotopic (exact) mass is 622 g/mol. The number of aromatic nitrogens is 2. The van der Waals surface area contributed by atoms with Crippen molar-refractivity contribution in [1.29, 1.82) is 5.26 Å². The molecule has 0 spiro atoms. The smallest absolute Gasteiger partial charge is 0.282 e. The summed E-state index contributed by atoms with van der Waals surface area (Å²) in [5.74, 6) is -4.04. The average molecular weight is 623 g/mol. The summed E-state index contributed by atoms with van der Waals surface area (Å²) in [5, 5.41) is 15.1. The normalized spacial score (nSPS) is 17.1. The molecule has 1 saturated heterocycles. The number of nitrogens with zero attached hydrogens (tertiary/aromatic N) is 4. The zero-order chi connectivity index (χ0) is 31.9. The van der Waals surface area contributed by atoms with Crippen molar-refractivity contribution in [3.63, 3.8) is 0 Å². The first-order chi connectivity index (χ1) is 21.5. The number of likely N-dealkylation sites (tertiary alicyclic amines) is 1. The van der Waals surface area contributed by atoms with Crippen LogP contribution in [-0.2, 0) is 6.54 Å². The predicted molar refractivity (Wildman–Crippen MR) is 156 cm³/mol. The van der Waals surface area contributed by atoms with Gasteiger partial charge in [0.25, 0.3) is 23.3 Å². The van der Waals surface area contributed by atoms with E-state index in [-0.39, 0.29) is 54.0 Å². The molecule has 0 unspecified atom stereocenters. The molecule has 0 radical (unpaired) electrons. The van der Waals surface area contributed by atoms with Crippen LogP contribution in [0.15, 0.2) is 47.4 Å². The van der Waals surface area contributed by atoms with Crippen LogP contribution in [0.25, 0.3) is 11.1 Å². The van der Waals surface area contributed by atoms with Gasteiger partial charge in [0.2, 0.25) is 6.43 Å². The lowest BCUT2D eigenvalue weighted by Crippen LogP contribution is -2.58. The van der Waals surface area contributed by atoms with E-state index in [4.69, 9.17) is 0 Å². The molecule has 3 aliphatic rings. The van der Waals surface area contributed by atoms with Crippen molar-refractivity contribution in [2.75, 3.05) is 25.0 Å². The van der Waals surface area contributed by atoms with Gasteiger partial charge in [-0.25, -0.2) is 22.5 Å². The van der Waals surface area contributed by atoms with Crippen molar-refractivity contribution >= 4 is 17.6 Å². The number of nitriles is 1. The van der Waals surface area contributed by atoms with E-state index in [1.807, 2.05) is 6.07 Å². The molecular weight excluding hydrogens is 592 g/mol. The van der Waals surface area contributed by atoms with Gasteiger partial charge in [-0.3, -0.25) is 14.4 Å². The average Bonchev–Trinajstić information content (AvgIpc) is 3.91. The highest BCUT2D eigenvalue weighted by Crippen LogP contribution is 2.42. The SMILES string of the molecule is N#Cc1ccc(-c2cc(NC(=O)c3cc(CNCCC(F)F)cn(C4CC4)c3=O)nc(C3CC3)c2)c(C(=O)N2CC(F)(F)C2)c1. The number of nitrogens with one attached hydrogen (secondary N) is 2. The summed E-state index contributed by atoms with van der Waals surface area (Å²) in [6, 6.07) is 11.2. The fraction of sp³-hybridized carbons (Fsp3) is 0.406. The quantitative estimate of drug-likeness (QED) is 0.227. The lowest BCUT2D eigenvalue weighted by atomic mass is 9.95. The molecule has 9 nitrogen and oxygen atoms in total. The van der Waals surface area contributed by atoms with Crippen LogP contribution in [0, 0.1) is 11.3 Å². The van der Waals surface area contributed by atoms with Gasteiger partial charge in [0, 0.05) is 48.9 Å². The Morgan fingerprint density at radius 2 is 1.82 bits per heavy atom. The van der Waals surface area contributed by atoms with E-state index in [9.17, 15) is 37.2 Å². The molecule has 2 N–H and O–H groups in total. The van der Waals surface area contributed by atoms with Crippen LogP contribution < -0.4 is 16.2 Å². The van der Waals surface area contributed by atoms with Gasteiger partial charge >= 0.3 is 0 Å². The molecule has 0 bridgehead atoms. The van der Waals surface area contributed by atoms with E-state index < -0.39 is 42.8 Å². The molecule has 2 amide bonds. The Labute approximate surface area is 255 Å². The van der Waals surface area contributed by atoms with Crippen molar-refractivity contribution in [3.8, 4) is 17.2 Å². The number of halogens is 4. The van der Waals surface area contributed by atoms with Crippen LogP contribution in [0.3, 0.4) is 0 Å². The molecule has 0 atom stereocenters. The Bertz CT molecular complexity index is 1750. The number of benzene rings is 1. The van der Waals surface area contributed by atoms with E-state index >= 15 is 0 Å². The summed E-state index contributed by atoms with van der Waals surface area (Å²) in [6.07, 6.45) is 2.21. The van der Waals surface area contributed by atoms with E-state index in [0.717, 1.165) is 30.6 Å². The summed E-state index contributed by atoms with van der Waals surface area (Å²) in [4.78, 5) is 45.7. The molecule has 2 aliphatic carbocycles. The molecule has 3 aromatic rings. The summed E-state index contributed by atoms with van der Waals surface area (Å²) in [5.41, 5.74) is 1.81. The van der Waals surface area contributed by atoms with Crippen molar-refractivity contribution in [3.05, 3.63) is 80.9 Å². The molecule has 3 fully saturated rings. The third-order valence-electron chi connectivity index (χ3n) is 8.06. The molecule has 3 heterocycles. The van der Waals surface area contributed by atoms with E-state index in [1.165, 1.54) is 22.8 Å². The van der Waals surface area contributed by atoms with Crippen molar-refractivity contribution in [2.24, 2.45) is 0 Å². The van der Waals surface area contributed by atoms with Crippen molar-refractivity contribution < 1.29 is 27.2 Å². The number of pyridine rings is 2. The third-order valence-corrected chi connectivity index (χ3v) is 8.06. The number of carbonyl (C=O) groups is 2. The zero-order valence-electron chi connectivity index (χ0n) is 24.2. The molecule has 6 rings (SSSR count). The maximum atomic E-state index is 13.6. The number of anilines is 1. The summed E-state index contributed by atoms with van der Waals surface area (Å²) in [6.45, 7) is -1.17. The number of rotatable bonds is 11. The first-order valence-electron chi connectivity index (χ1n) is 14.8. The maximum Gasteiger partial charge on any atom is 0.282 e. The molecule has 45 heavy (non-hydrogen) atoms. The lowest BCUT2D eigenvalue weighted by molar-refractivity contribution is -0.113. The number of hydrogen-bond acceptors (Lipinski definition) is 6. The number of carbonyl (C=O) groups excluding carboxylic acids is 2.